The fourth-order valence-electron chi connectivity index (χ4n) is 2.36. The lowest BCUT2D eigenvalue weighted by atomic mass is 10.2. The van der Waals surface area contributed by atoms with Crippen molar-refractivity contribution >= 4 is 27.6 Å². The van der Waals surface area contributed by atoms with E-state index in [9.17, 15) is 12.8 Å². The molecule has 0 aliphatic carbocycles. The molecule has 7 nitrogen and oxygen atoms in total. The highest BCUT2D eigenvalue weighted by Gasteiger charge is 2.16. The van der Waals surface area contributed by atoms with Crippen LogP contribution in [0.3, 0.4) is 0 Å². The van der Waals surface area contributed by atoms with E-state index in [2.05, 4.69) is 14.5 Å². The van der Waals surface area contributed by atoms with E-state index in [4.69, 9.17) is 0 Å². The Labute approximate surface area is 143 Å². The molecule has 10 heteroatoms. The first kappa shape index (κ1) is 17.2. The Balaban J connectivity index is 1.75. The summed E-state index contributed by atoms with van der Waals surface area (Å²) in [5.74, 6) is 1.67. The van der Waals surface area contributed by atoms with Gasteiger partial charge in [-0.15, -0.1) is 5.10 Å². The van der Waals surface area contributed by atoms with Gasteiger partial charge in [0.1, 0.15) is 18.1 Å². The molecule has 1 saturated heterocycles. The van der Waals surface area contributed by atoms with Gasteiger partial charge in [0.2, 0.25) is 0 Å². The van der Waals surface area contributed by atoms with E-state index < -0.39 is 10.1 Å². The maximum atomic E-state index is 14.4. The lowest BCUT2D eigenvalue weighted by Crippen LogP contribution is -2.33. The quantitative estimate of drug-likeness (QED) is 0.735. The van der Waals surface area contributed by atoms with E-state index in [1.807, 2.05) is 16.7 Å². The van der Waals surface area contributed by atoms with Crippen molar-refractivity contribution in [2.75, 3.05) is 35.8 Å². The van der Waals surface area contributed by atoms with Crippen LogP contribution in [0.4, 0.5) is 10.1 Å². The summed E-state index contributed by atoms with van der Waals surface area (Å²) in [4.78, 5) is 2.03. The number of benzene rings is 1. The van der Waals surface area contributed by atoms with Crippen LogP contribution in [0.5, 0.6) is 0 Å². The summed E-state index contributed by atoms with van der Waals surface area (Å²) in [6.07, 6.45) is 2.47. The van der Waals surface area contributed by atoms with E-state index in [0.29, 0.717) is 17.1 Å². The molecule has 0 amide bonds. The molecule has 3 rings (SSSR count). The normalized spacial score (nSPS) is 15.7. The molecule has 0 N–H and O–H groups in total. The second-order valence-electron chi connectivity index (χ2n) is 5.36. The highest BCUT2D eigenvalue weighted by Crippen LogP contribution is 2.24. The van der Waals surface area contributed by atoms with E-state index in [1.54, 1.807) is 12.1 Å². The lowest BCUT2D eigenvalue weighted by Gasteiger charge is -2.28. The number of aromatic nitrogens is 3. The minimum absolute atomic E-state index is 0.204. The Morgan fingerprint density at radius 1 is 1.33 bits per heavy atom. The van der Waals surface area contributed by atoms with Crippen molar-refractivity contribution in [2.24, 2.45) is 0 Å². The van der Waals surface area contributed by atoms with Gasteiger partial charge in [0, 0.05) is 30.7 Å². The van der Waals surface area contributed by atoms with Gasteiger partial charge < -0.3 is 4.90 Å². The topological polar surface area (TPSA) is 77.3 Å². The minimum atomic E-state index is -3.55. The molecule has 0 atom stereocenters. The SMILES string of the molecule is CS(=O)(=O)OCc1cn(-c2ccc(N3CCSCC3)c(F)c2)nn1. The molecule has 24 heavy (non-hydrogen) atoms. The van der Waals surface area contributed by atoms with Crippen LogP contribution >= 0.6 is 11.8 Å². The van der Waals surface area contributed by atoms with Crippen molar-refractivity contribution in [3.8, 4) is 5.69 Å². The zero-order valence-corrected chi connectivity index (χ0v) is 14.7. The Kier molecular flexibility index (Phi) is 5.07. The molecule has 1 fully saturated rings. The smallest absolute Gasteiger partial charge is 0.264 e. The molecule has 2 heterocycles. The second-order valence-corrected chi connectivity index (χ2v) is 8.22. The molecule has 1 aromatic carbocycles. The first-order valence-electron chi connectivity index (χ1n) is 7.30. The van der Waals surface area contributed by atoms with Crippen LogP contribution in [-0.2, 0) is 20.9 Å². The van der Waals surface area contributed by atoms with Crippen LogP contribution in [0, 0.1) is 5.82 Å². The van der Waals surface area contributed by atoms with Gasteiger partial charge in [-0.25, -0.2) is 9.07 Å². The van der Waals surface area contributed by atoms with Crippen LogP contribution in [0.15, 0.2) is 24.4 Å². The maximum absolute atomic E-state index is 14.4. The average molecular weight is 372 g/mol. The third-order valence-corrected chi connectivity index (χ3v) is 5.00. The maximum Gasteiger partial charge on any atom is 0.264 e. The van der Waals surface area contributed by atoms with Gasteiger partial charge in [-0.1, -0.05) is 5.21 Å². The summed E-state index contributed by atoms with van der Waals surface area (Å²) in [6.45, 7) is 1.46. The molecule has 0 spiro atoms. The molecule has 0 bridgehead atoms. The van der Waals surface area contributed by atoms with Crippen molar-refractivity contribution in [2.45, 2.75) is 6.61 Å². The molecular formula is C14H17FN4O3S2. The number of halogens is 1. The molecule has 2 aromatic rings. The monoisotopic (exact) mass is 372 g/mol. The van der Waals surface area contributed by atoms with Gasteiger partial charge in [0.15, 0.2) is 0 Å². The zero-order valence-electron chi connectivity index (χ0n) is 13.1. The Hall–Kier alpha value is -1.65. The standard InChI is InChI=1S/C14H17FN4O3S2/c1-24(20,21)22-10-11-9-19(17-16-11)12-2-3-14(13(15)8-12)18-4-6-23-7-5-18/h2-3,8-9H,4-7,10H2,1H3. The predicted octanol–water partition coefficient (Wildman–Crippen LogP) is 1.44. The number of rotatable bonds is 5. The van der Waals surface area contributed by atoms with Crippen molar-refractivity contribution in [3.05, 3.63) is 35.9 Å². The molecular weight excluding hydrogens is 355 g/mol. The molecule has 1 aromatic heterocycles. The number of nitrogens with zero attached hydrogens (tertiary/aromatic N) is 4. The van der Waals surface area contributed by atoms with Gasteiger partial charge in [0.05, 0.1) is 23.8 Å². The molecule has 0 radical (unpaired) electrons. The number of anilines is 1. The van der Waals surface area contributed by atoms with Crippen molar-refractivity contribution < 1.29 is 17.0 Å². The van der Waals surface area contributed by atoms with E-state index in [1.165, 1.54) is 16.9 Å². The van der Waals surface area contributed by atoms with Gasteiger partial charge >= 0.3 is 0 Å². The highest BCUT2D eigenvalue weighted by molar-refractivity contribution is 7.99. The first-order chi connectivity index (χ1) is 11.4. The van der Waals surface area contributed by atoms with Crippen LogP contribution in [-0.4, -0.2) is 54.3 Å². The molecule has 0 unspecified atom stereocenters. The summed E-state index contributed by atoms with van der Waals surface area (Å²) < 4.78 is 42.4. The fourth-order valence-corrected chi connectivity index (χ4v) is 3.60. The molecule has 0 saturated carbocycles. The Morgan fingerprint density at radius 3 is 2.75 bits per heavy atom. The Morgan fingerprint density at radius 2 is 2.08 bits per heavy atom. The summed E-state index contributed by atoms with van der Waals surface area (Å²) >= 11 is 1.87. The largest absolute Gasteiger partial charge is 0.368 e. The molecule has 130 valence electrons. The van der Waals surface area contributed by atoms with Crippen LogP contribution in [0.25, 0.3) is 5.69 Å². The molecule has 1 aliphatic rings. The zero-order chi connectivity index (χ0) is 17.2. The second kappa shape index (κ2) is 7.08. The van der Waals surface area contributed by atoms with Crippen LogP contribution in [0.2, 0.25) is 0 Å². The summed E-state index contributed by atoms with van der Waals surface area (Å²) in [7, 11) is -3.55. The van der Waals surface area contributed by atoms with Gasteiger partial charge in [0.25, 0.3) is 10.1 Å². The van der Waals surface area contributed by atoms with Gasteiger partial charge in [-0.3, -0.25) is 4.18 Å². The van der Waals surface area contributed by atoms with E-state index >= 15 is 0 Å². The van der Waals surface area contributed by atoms with Crippen molar-refractivity contribution in [1.29, 1.82) is 0 Å². The Bertz CT molecular complexity index is 819. The lowest BCUT2D eigenvalue weighted by molar-refractivity contribution is 0.307. The number of thioether (sulfide) groups is 1. The average Bonchev–Trinajstić information content (AvgIpc) is 3.02. The fraction of sp³-hybridized carbons (Fsp3) is 0.429. The summed E-state index contributed by atoms with van der Waals surface area (Å²) in [6, 6.07) is 4.89. The van der Waals surface area contributed by atoms with Crippen LogP contribution < -0.4 is 4.90 Å². The number of hydrogen-bond acceptors (Lipinski definition) is 7. The summed E-state index contributed by atoms with van der Waals surface area (Å²) in [5.41, 5.74) is 1.44. The van der Waals surface area contributed by atoms with Crippen LogP contribution in [0.1, 0.15) is 5.69 Å². The van der Waals surface area contributed by atoms with Crippen molar-refractivity contribution in [1.82, 2.24) is 15.0 Å². The minimum Gasteiger partial charge on any atom is -0.368 e. The van der Waals surface area contributed by atoms with E-state index in [0.717, 1.165) is 30.9 Å². The predicted molar refractivity (Wildman–Crippen MR) is 90.5 cm³/mol. The third kappa shape index (κ3) is 4.25. The summed E-state index contributed by atoms with van der Waals surface area (Å²) in [5, 5.41) is 7.70. The van der Waals surface area contributed by atoms with Gasteiger partial charge in [-0.2, -0.15) is 20.2 Å². The van der Waals surface area contributed by atoms with Gasteiger partial charge in [-0.05, 0) is 12.1 Å². The molecule has 1 aliphatic heterocycles. The first-order valence-corrected chi connectivity index (χ1v) is 10.3. The van der Waals surface area contributed by atoms with Crippen molar-refractivity contribution in [3.63, 3.8) is 0 Å². The highest BCUT2D eigenvalue weighted by atomic mass is 32.2. The number of hydrogen-bond donors (Lipinski definition) is 0. The third-order valence-electron chi connectivity index (χ3n) is 3.51. The van der Waals surface area contributed by atoms with E-state index in [-0.39, 0.29) is 12.4 Å².